The molecule has 0 fully saturated rings. The van der Waals surface area contributed by atoms with Gasteiger partial charge in [-0.15, -0.1) is 0 Å². The molecule has 0 aromatic heterocycles. The predicted octanol–water partition coefficient (Wildman–Crippen LogP) is 4.74. The van der Waals surface area contributed by atoms with Gasteiger partial charge in [-0.3, -0.25) is 9.59 Å². The van der Waals surface area contributed by atoms with E-state index < -0.39 is 46.6 Å². The molecule has 0 radical (unpaired) electrons. The van der Waals surface area contributed by atoms with Crippen LogP contribution in [-0.4, -0.2) is 35.0 Å². The summed E-state index contributed by atoms with van der Waals surface area (Å²) in [5.74, 6) is -2.12. The molecule has 34 heavy (non-hydrogen) atoms. The standard InChI is InChI=1S/C26H32F2N2O4/c1-25(2,3)30-23(32)19-12-11-18(27)13-17(19)15-22(31)21(29-24(33)34-26(4,5)6)14-16-9-7-8-10-20(16)28/h7-13,21H,14-15H2,1-6H3,(H,29,33)(H,30,32)/t21-/m1/s1. The minimum atomic E-state index is -1.16. The van der Waals surface area contributed by atoms with Gasteiger partial charge in [-0.2, -0.15) is 0 Å². The van der Waals surface area contributed by atoms with Crippen molar-refractivity contribution in [1.82, 2.24) is 10.6 Å². The third-order valence-corrected chi connectivity index (χ3v) is 4.63. The molecule has 6 nitrogen and oxygen atoms in total. The van der Waals surface area contributed by atoms with Crippen LogP contribution in [0.25, 0.3) is 0 Å². The van der Waals surface area contributed by atoms with Crippen molar-refractivity contribution in [3.63, 3.8) is 0 Å². The lowest BCUT2D eigenvalue weighted by atomic mass is 9.94. The van der Waals surface area contributed by atoms with E-state index in [4.69, 9.17) is 4.74 Å². The van der Waals surface area contributed by atoms with Gasteiger partial charge in [0.15, 0.2) is 5.78 Å². The number of hydrogen-bond donors (Lipinski definition) is 2. The van der Waals surface area contributed by atoms with Gasteiger partial charge in [0, 0.05) is 23.9 Å². The number of carbonyl (C=O) groups is 3. The Bertz CT molecular complexity index is 1060. The summed E-state index contributed by atoms with van der Waals surface area (Å²) in [6.07, 6.45) is -1.32. The summed E-state index contributed by atoms with van der Waals surface area (Å²) in [6.45, 7) is 10.4. The summed E-state index contributed by atoms with van der Waals surface area (Å²) >= 11 is 0. The fourth-order valence-corrected chi connectivity index (χ4v) is 3.23. The van der Waals surface area contributed by atoms with Crippen molar-refractivity contribution in [2.45, 2.75) is 71.6 Å². The molecule has 184 valence electrons. The summed E-state index contributed by atoms with van der Waals surface area (Å²) in [7, 11) is 0. The smallest absolute Gasteiger partial charge is 0.408 e. The van der Waals surface area contributed by atoms with Crippen molar-refractivity contribution in [1.29, 1.82) is 0 Å². The van der Waals surface area contributed by atoms with E-state index in [-0.39, 0.29) is 29.5 Å². The first-order chi connectivity index (χ1) is 15.6. The van der Waals surface area contributed by atoms with Gasteiger partial charge in [-0.1, -0.05) is 18.2 Å². The molecule has 0 unspecified atom stereocenters. The van der Waals surface area contributed by atoms with Crippen LogP contribution in [0.1, 0.15) is 63.0 Å². The molecule has 2 amide bonds. The number of amides is 2. The van der Waals surface area contributed by atoms with Crippen molar-refractivity contribution < 1.29 is 27.9 Å². The molecule has 2 N–H and O–H groups in total. The van der Waals surface area contributed by atoms with E-state index in [0.29, 0.717) is 0 Å². The number of carbonyl (C=O) groups excluding carboxylic acids is 3. The van der Waals surface area contributed by atoms with Crippen molar-refractivity contribution in [3.05, 3.63) is 70.8 Å². The van der Waals surface area contributed by atoms with Gasteiger partial charge in [-0.05, 0) is 76.9 Å². The highest BCUT2D eigenvalue weighted by Crippen LogP contribution is 2.17. The molecule has 0 heterocycles. The van der Waals surface area contributed by atoms with Crippen molar-refractivity contribution in [3.8, 4) is 0 Å². The van der Waals surface area contributed by atoms with E-state index in [9.17, 15) is 23.2 Å². The van der Waals surface area contributed by atoms with Gasteiger partial charge in [-0.25, -0.2) is 13.6 Å². The number of ketones is 1. The fraction of sp³-hybridized carbons (Fsp3) is 0.423. The van der Waals surface area contributed by atoms with Crippen LogP contribution in [-0.2, 0) is 22.4 Å². The number of nitrogens with one attached hydrogen (secondary N) is 2. The summed E-state index contributed by atoms with van der Waals surface area (Å²) in [5, 5.41) is 5.29. The fourth-order valence-electron chi connectivity index (χ4n) is 3.23. The topological polar surface area (TPSA) is 84.5 Å². The van der Waals surface area contributed by atoms with E-state index in [1.54, 1.807) is 47.6 Å². The SMILES string of the molecule is CC(C)(C)NC(=O)c1ccc(F)cc1CC(=O)[C@@H](Cc1ccccc1F)NC(=O)OC(C)(C)C. The predicted molar refractivity (Wildman–Crippen MR) is 126 cm³/mol. The van der Waals surface area contributed by atoms with Gasteiger partial charge in [0.25, 0.3) is 5.91 Å². The van der Waals surface area contributed by atoms with E-state index >= 15 is 0 Å². The van der Waals surface area contributed by atoms with E-state index in [1.165, 1.54) is 24.3 Å². The molecule has 0 aliphatic heterocycles. The van der Waals surface area contributed by atoms with E-state index in [1.807, 2.05) is 0 Å². The van der Waals surface area contributed by atoms with Gasteiger partial charge in [0.05, 0.1) is 6.04 Å². The lowest BCUT2D eigenvalue weighted by Crippen LogP contribution is -2.45. The van der Waals surface area contributed by atoms with Gasteiger partial charge in [0.2, 0.25) is 0 Å². The zero-order valence-corrected chi connectivity index (χ0v) is 20.4. The Balaban J connectivity index is 2.34. The number of alkyl carbamates (subject to hydrolysis) is 1. The van der Waals surface area contributed by atoms with Gasteiger partial charge < -0.3 is 15.4 Å². The van der Waals surface area contributed by atoms with Crippen LogP contribution in [0.15, 0.2) is 42.5 Å². The largest absolute Gasteiger partial charge is 0.444 e. The van der Waals surface area contributed by atoms with Crippen LogP contribution in [0.4, 0.5) is 13.6 Å². The molecule has 1 atom stereocenters. The Kier molecular flexibility index (Phi) is 8.53. The maximum absolute atomic E-state index is 14.3. The van der Waals surface area contributed by atoms with Crippen LogP contribution in [0.2, 0.25) is 0 Å². The Hall–Kier alpha value is -3.29. The van der Waals surface area contributed by atoms with Crippen LogP contribution in [0.3, 0.4) is 0 Å². The molecule has 8 heteroatoms. The Labute approximate surface area is 199 Å². The number of ether oxygens (including phenoxy) is 1. The van der Waals surface area contributed by atoms with Crippen molar-refractivity contribution in [2.75, 3.05) is 0 Å². The molecule has 0 bridgehead atoms. The molecular weight excluding hydrogens is 442 g/mol. The van der Waals surface area contributed by atoms with Crippen molar-refractivity contribution >= 4 is 17.8 Å². The second kappa shape index (κ2) is 10.8. The Morgan fingerprint density at radius 3 is 2.18 bits per heavy atom. The van der Waals surface area contributed by atoms with Crippen LogP contribution >= 0.6 is 0 Å². The molecule has 0 saturated heterocycles. The third kappa shape index (κ3) is 8.57. The zero-order valence-electron chi connectivity index (χ0n) is 20.4. The molecule has 2 aromatic rings. The van der Waals surface area contributed by atoms with Gasteiger partial charge in [0.1, 0.15) is 17.2 Å². The number of rotatable bonds is 7. The average molecular weight is 475 g/mol. The Morgan fingerprint density at radius 2 is 1.59 bits per heavy atom. The van der Waals surface area contributed by atoms with E-state index in [0.717, 1.165) is 12.1 Å². The summed E-state index contributed by atoms with van der Waals surface area (Å²) in [4.78, 5) is 38.4. The molecule has 2 rings (SSSR count). The monoisotopic (exact) mass is 474 g/mol. The number of benzene rings is 2. The summed E-state index contributed by atoms with van der Waals surface area (Å²) in [5.41, 5.74) is -0.820. The van der Waals surface area contributed by atoms with Crippen LogP contribution < -0.4 is 10.6 Å². The summed E-state index contributed by atoms with van der Waals surface area (Å²) < 4.78 is 33.5. The minimum absolute atomic E-state index is 0.135. The lowest BCUT2D eigenvalue weighted by molar-refractivity contribution is -0.120. The lowest BCUT2D eigenvalue weighted by Gasteiger charge is -2.24. The van der Waals surface area contributed by atoms with E-state index in [2.05, 4.69) is 10.6 Å². The van der Waals surface area contributed by atoms with Crippen molar-refractivity contribution in [2.24, 2.45) is 0 Å². The first kappa shape index (κ1) is 27.0. The number of hydrogen-bond acceptors (Lipinski definition) is 4. The molecule has 0 spiro atoms. The molecular formula is C26H32F2N2O4. The highest BCUT2D eigenvalue weighted by Gasteiger charge is 2.27. The minimum Gasteiger partial charge on any atom is -0.444 e. The van der Waals surface area contributed by atoms with Crippen LogP contribution in [0, 0.1) is 11.6 Å². The van der Waals surface area contributed by atoms with Crippen LogP contribution in [0.5, 0.6) is 0 Å². The first-order valence-electron chi connectivity index (χ1n) is 11.0. The van der Waals surface area contributed by atoms with Gasteiger partial charge >= 0.3 is 6.09 Å². The number of halogens is 2. The number of Topliss-reactive ketones (excluding diaryl/α,β-unsaturated/α-hetero) is 1. The first-order valence-corrected chi connectivity index (χ1v) is 11.0. The second-order valence-electron chi connectivity index (χ2n) is 10.1. The quantitative estimate of drug-likeness (QED) is 0.607. The normalized spacial score (nSPS) is 12.6. The molecule has 0 aliphatic carbocycles. The average Bonchev–Trinajstić information content (AvgIpc) is 2.66. The third-order valence-electron chi connectivity index (χ3n) is 4.63. The molecule has 2 aromatic carbocycles. The molecule has 0 saturated carbocycles. The zero-order chi connectivity index (χ0) is 25.7. The summed E-state index contributed by atoms with van der Waals surface area (Å²) in [6, 6.07) is 8.31. The highest BCUT2D eigenvalue weighted by molar-refractivity contribution is 5.98. The second-order valence-corrected chi connectivity index (χ2v) is 10.1. The molecule has 0 aliphatic rings. The Morgan fingerprint density at radius 1 is 0.941 bits per heavy atom. The maximum atomic E-state index is 14.3. The maximum Gasteiger partial charge on any atom is 0.408 e. The highest BCUT2D eigenvalue weighted by atomic mass is 19.1.